The van der Waals surface area contributed by atoms with E-state index in [4.69, 9.17) is 0 Å². The average Bonchev–Trinajstić information content (AvgIpc) is 3.19. The molecule has 0 aliphatic heterocycles. The minimum absolute atomic E-state index is 0.0110. The summed E-state index contributed by atoms with van der Waals surface area (Å²) in [7, 11) is 0. The van der Waals surface area contributed by atoms with Gasteiger partial charge in [-0.1, -0.05) is 48.0 Å². The molecule has 0 bridgehead atoms. The van der Waals surface area contributed by atoms with Gasteiger partial charge in [-0.3, -0.25) is 15.4 Å². The van der Waals surface area contributed by atoms with Gasteiger partial charge in [0.15, 0.2) is 0 Å². The highest BCUT2D eigenvalue weighted by Gasteiger charge is 2.17. The van der Waals surface area contributed by atoms with E-state index in [2.05, 4.69) is 16.0 Å². The number of halogens is 1. The molecule has 0 aliphatic rings. The van der Waals surface area contributed by atoms with E-state index >= 15 is 0 Å². The fourth-order valence-electron chi connectivity index (χ4n) is 2.68. The summed E-state index contributed by atoms with van der Waals surface area (Å²) >= 11 is 1.58. The zero-order valence-electron chi connectivity index (χ0n) is 15.2. The number of imide groups is 1. The molecule has 0 fully saturated rings. The number of hydrogen-bond acceptors (Lipinski definition) is 4. The van der Waals surface area contributed by atoms with Crippen molar-refractivity contribution in [1.29, 1.82) is 0 Å². The molecular weight excluding hydrogens is 377 g/mol. The Bertz CT molecular complexity index is 943. The lowest BCUT2D eigenvalue weighted by Gasteiger charge is -2.18. The number of rotatable bonds is 6. The molecule has 1 heterocycles. The van der Waals surface area contributed by atoms with E-state index in [0.29, 0.717) is 0 Å². The van der Waals surface area contributed by atoms with Gasteiger partial charge in [-0.2, -0.15) is 0 Å². The van der Waals surface area contributed by atoms with Gasteiger partial charge in [0.05, 0.1) is 18.3 Å². The molecule has 2 aromatic carbocycles. The Morgan fingerprint density at radius 2 is 1.79 bits per heavy atom. The van der Waals surface area contributed by atoms with Crippen molar-refractivity contribution in [3.8, 4) is 0 Å². The molecule has 144 valence electrons. The van der Waals surface area contributed by atoms with E-state index in [-0.39, 0.29) is 18.3 Å². The minimum Gasteiger partial charge on any atom is -0.305 e. The molecule has 3 rings (SSSR count). The molecule has 3 aromatic rings. The fourth-order valence-corrected chi connectivity index (χ4v) is 3.51. The van der Waals surface area contributed by atoms with E-state index in [1.165, 1.54) is 18.2 Å². The maximum atomic E-state index is 13.6. The Kier molecular flexibility index (Phi) is 6.52. The molecule has 7 heteroatoms. The molecular formula is C21H20FN3O2S. The van der Waals surface area contributed by atoms with Crippen LogP contribution in [-0.2, 0) is 4.79 Å². The predicted octanol–water partition coefficient (Wildman–Crippen LogP) is 4.22. The van der Waals surface area contributed by atoms with Gasteiger partial charge in [0, 0.05) is 4.88 Å². The van der Waals surface area contributed by atoms with Gasteiger partial charge in [0.1, 0.15) is 5.82 Å². The fraction of sp³-hybridized carbons (Fsp3) is 0.143. The van der Waals surface area contributed by atoms with Crippen molar-refractivity contribution in [2.75, 3.05) is 11.9 Å². The van der Waals surface area contributed by atoms with Crippen molar-refractivity contribution >= 4 is 29.0 Å². The van der Waals surface area contributed by atoms with Crippen LogP contribution in [0, 0.1) is 12.7 Å². The number of carbonyl (C=O) groups excluding carboxylic acids is 2. The quantitative estimate of drug-likeness (QED) is 0.583. The standard InChI is InChI=1S/C21H20FN3O2S/c1-14-8-10-15(11-9-14)20(18-7-4-12-28-18)23-13-19(26)25-21(27)24-17-6-3-2-5-16(17)22/h2-12,20,23H,13H2,1H3,(H2,24,25,26,27)/t20-/m0/s1. The number of thiophene rings is 1. The van der Waals surface area contributed by atoms with Crippen LogP contribution in [0.2, 0.25) is 0 Å². The van der Waals surface area contributed by atoms with Crippen molar-refractivity contribution in [1.82, 2.24) is 10.6 Å². The van der Waals surface area contributed by atoms with E-state index in [1.54, 1.807) is 17.4 Å². The molecule has 0 spiro atoms. The second-order valence-electron chi connectivity index (χ2n) is 6.22. The summed E-state index contributed by atoms with van der Waals surface area (Å²) in [6.45, 7) is 1.94. The molecule has 0 radical (unpaired) electrons. The highest BCUT2D eigenvalue weighted by Crippen LogP contribution is 2.26. The van der Waals surface area contributed by atoms with Crippen LogP contribution in [0.3, 0.4) is 0 Å². The maximum Gasteiger partial charge on any atom is 0.326 e. The Labute approximate surface area is 166 Å². The first-order valence-electron chi connectivity index (χ1n) is 8.71. The molecule has 5 nitrogen and oxygen atoms in total. The summed E-state index contributed by atoms with van der Waals surface area (Å²) in [5, 5.41) is 9.68. The second-order valence-corrected chi connectivity index (χ2v) is 7.20. The number of para-hydroxylation sites is 1. The van der Waals surface area contributed by atoms with Gasteiger partial charge in [-0.15, -0.1) is 11.3 Å². The lowest BCUT2D eigenvalue weighted by molar-refractivity contribution is -0.119. The van der Waals surface area contributed by atoms with Crippen LogP contribution in [0.5, 0.6) is 0 Å². The van der Waals surface area contributed by atoms with Gasteiger partial charge < -0.3 is 5.32 Å². The van der Waals surface area contributed by atoms with Crippen molar-refractivity contribution in [3.63, 3.8) is 0 Å². The topological polar surface area (TPSA) is 70.2 Å². The Balaban J connectivity index is 1.60. The van der Waals surface area contributed by atoms with Crippen LogP contribution in [-0.4, -0.2) is 18.5 Å². The highest BCUT2D eigenvalue weighted by molar-refractivity contribution is 7.10. The maximum absolute atomic E-state index is 13.6. The molecule has 1 aromatic heterocycles. The molecule has 0 saturated heterocycles. The third-order valence-corrected chi connectivity index (χ3v) is 5.02. The molecule has 0 saturated carbocycles. The van der Waals surface area contributed by atoms with Crippen LogP contribution in [0.1, 0.15) is 22.0 Å². The van der Waals surface area contributed by atoms with Crippen molar-refractivity contribution < 1.29 is 14.0 Å². The van der Waals surface area contributed by atoms with E-state index < -0.39 is 17.8 Å². The molecule has 28 heavy (non-hydrogen) atoms. The number of amides is 3. The Morgan fingerprint density at radius 1 is 1.04 bits per heavy atom. The number of carbonyl (C=O) groups is 2. The van der Waals surface area contributed by atoms with Gasteiger partial charge in [0.25, 0.3) is 0 Å². The number of hydrogen-bond donors (Lipinski definition) is 3. The number of anilines is 1. The predicted molar refractivity (Wildman–Crippen MR) is 109 cm³/mol. The van der Waals surface area contributed by atoms with Crippen molar-refractivity contribution in [2.45, 2.75) is 13.0 Å². The highest BCUT2D eigenvalue weighted by atomic mass is 32.1. The molecule has 0 aliphatic carbocycles. The molecule has 3 N–H and O–H groups in total. The average molecular weight is 397 g/mol. The number of urea groups is 1. The summed E-state index contributed by atoms with van der Waals surface area (Å²) in [6, 6.07) is 16.8. The SMILES string of the molecule is Cc1ccc([C@H](NCC(=O)NC(=O)Nc2ccccc2F)c2cccs2)cc1. The first-order chi connectivity index (χ1) is 13.5. The van der Waals surface area contributed by atoms with Gasteiger partial charge in [-0.25, -0.2) is 9.18 Å². The third kappa shape index (κ3) is 5.25. The van der Waals surface area contributed by atoms with E-state index in [1.807, 2.05) is 48.7 Å². The Morgan fingerprint density at radius 3 is 2.46 bits per heavy atom. The number of nitrogens with one attached hydrogen (secondary N) is 3. The second kappa shape index (κ2) is 9.25. The van der Waals surface area contributed by atoms with Crippen LogP contribution in [0.25, 0.3) is 0 Å². The summed E-state index contributed by atoms with van der Waals surface area (Å²) in [6.07, 6.45) is 0. The molecule has 1 atom stereocenters. The molecule has 0 unspecified atom stereocenters. The van der Waals surface area contributed by atoms with Gasteiger partial charge in [-0.05, 0) is 36.1 Å². The number of aryl methyl sites for hydroxylation is 1. The monoisotopic (exact) mass is 397 g/mol. The van der Waals surface area contributed by atoms with Gasteiger partial charge >= 0.3 is 6.03 Å². The van der Waals surface area contributed by atoms with Gasteiger partial charge in [0.2, 0.25) is 5.91 Å². The molecule has 3 amide bonds. The van der Waals surface area contributed by atoms with Crippen molar-refractivity contribution in [3.05, 3.63) is 87.9 Å². The lowest BCUT2D eigenvalue weighted by Crippen LogP contribution is -2.41. The van der Waals surface area contributed by atoms with Crippen LogP contribution in [0.4, 0.5) is 14.9 Å². The number of benzene rings is 2. The third-order valence-electron chi connectivity index (χ3n) is 4.08. The lowest BCUT2D eigenvalue weighted by atomic mass is 10.0. The summed E-state index contributed by atoms with van der Waals surface area (Å²) in [5.74, 6) is -1.08. The normalized spacial score (nSPS) is 11.6. The Hall–Kier alpha value is -3.03. The first kappa shape index (κ1) is 19.7. The minimum atomic E-state index is -0.778. The van der Waals surface area contributed by atoms with Crippen LogP contribution in [0.15, 0.2) is 66.0 Å². The first-order valence-corrected chi connectivity index (χ1v) is 9.59. The van der Waals surface area contributed by atoms with E-state index in [9.17, 15) is 14.0 Å². The van der Waals surface area contributed by atoms with E-state index in [0.717, 1.165) is 16.0 Å². The van der Waals surface area contributed by atoms with Crippen LogP contribution >= 0.6 is 11.3 Å². The largest absolute Gasteiger partial charge is 0.326 e. The summed E-state index contributed by atoms with van der Waals surface area (Å²) < 4.78 is 13.6. The van der Waals surface area contributed by atoms with Crippen molar-refractivity contribution in [2.24, 2.45) is 0 Å². The van der Waals surface area contributed by atoms with Crippen LogP contribution < -0.4 is 16.0 Å². The zero-order valence-corrected chi connectivity index (χ0v) is 16.1. The zero-order chi connectivity index (χ0) is 19.9. The summed E-state index contributed by atoms with van der Waals surface area (Å²) in [4.78, 5) is 25.1. The smallest absolute Gasteiger partial charge is 0.305 e. The summed E-state index contributed by atoms with van der Waals surface area (Å²) in [5.41, 5.74) is 2.18.